The second-order valence-corrected chi connectivity index (χ2v) is 5.83. The molecule has 0 radical (unpaired) electrons. The van der Waals surface area contributed by atoms with Crippen molar-refractivity contribution in [2.45, 2.75) is 39.5 Å². The van der Waals surface area contributed by atoms with Gasteiger partial charge in [-0.2, -0.15) is 5.26 Å². The first kappa shape index (κ1) is 17.5. The molecule has 0 spiro atoms. The summed E-state index contributed by atoms with van der Waals surface area (Å²) >= 11 is 0. The van der Waals surface area contributed by atoms with E-state index in [1.165, 1.54) is 0 Å². The van der Waals surface area contributed by atoms with Gasteiger partial charge in [-0.25, -0.2) is 4.79 Å². The highest BCUT2D eigenvalue weighted by Gasteiger charge is 2.19. The van der Waals surface area contributed by atoms with Crippen LogP contribution in [0.3, 0.4) is 0 Å². The van der Waals surface area contributed by atoms with Gasteiger partial charge in [0.2, 0.25) is 0 Å². The summed E-state index contributed by atoms with van der Waals surface area (Å²) < 4.78 is 5.34. The molecule has 1 N–H and O–H groups in total. The highest BCUT2D eigenvalue weighted by molar-refractivity contribution is 6.04. The first-order chi connectivity index (χ1) is 11.5. The van der Waals surface area contributed by atoms with E-state index in [4.69, 9.17) is 9.68 Å². The molecule has 1 atom stereocenters. The summed E-state index contributed by atoms with van der Waals surface area (Å²) in [4.78, 5) is 24.6. The smallest absolute Gasteiger partial charge is 0.349 e. The van der Waals surface area contributed by atoms with E-state index in [1.807, 2.05) is 13.0 Å². The normalized spacial score (nSPS) is 11.6. The number of carbonyl (C=O) groups is 1. The molecule has 24 heavy (non-hydrogen) atoms. The zero-order valence-electron chi connectivity index (χ0n) is 14.1. The minimum atomic E-state index is -0.626. The van der Waals surface area contributed by atoms with E-state index in [0.29, 0.717) is 22.6 Å². The Kier molecular flexibility index (Phi) is 5.54. The summed E-state index contributed by atoms with van der Waals surface area (Å²) in [7, 11) is 0. The molecule has 1 aromatic heterocycles. The lowest BCUT2D eigenvalue weighted by atomic mass is 10.0. The Morgan fingerprint density at radius 1 is 1.33 bits per heavy atom. The van der Waals surface area contributed by atoms with Gasteiger partial charge in [-0.15, -0.1) is 0 Å². The molecule has 124 valence electrons. The molecule has 0 saturated carbocycles. The fourth-order valence-electron chi connectivity index (χ4n) is 2.55. The minimum absolute atomic E-state index is 0.00630. The monoisotopic (exact) mass is 324 g/mol. The first-order valence-electron chi connectivity index (χ1n) is 7.92. The standard InChI is InChI=1S/C19H20N2O3/c1-4-5-12(2)16-10-13(3)17(19(23)24-16)18(22)21-15-8-6-14(11-20)7-9-15/h6-10,12H,4-5H2,1-3H3,(H,21,22). The van der Waals surface area contributed by atoms with Crippen LogP contribution in [0.5, 0.6) is 0 Å². The molecule has 5 nitrogen and oxygen atoms in total. The number of nitrogens with zero attached hydrogens (tertiary/aromatic N) is 1. The van der Waals surface area contributed by atoms with Crippen LogP contribution < -0.4 is 10.9 Å². The zero-order valence-corrected chi connectivity index (χ0v) is 14.1. The van der Waals surface area contributed by atoms with Gasteiger partial charge >= 0.3 is 5.63 Å². The lowest BCUT2D eigenvalue weighted by Gasteiger charge is -2.12. The molecule has 0 aliphatic heterocycles. The van der Waals surface area contributed by atoms with Crippen molar-refractivity contribution in [2.24, 2.45) is 0 Å². The van der Waals surface area contributed by atoms with Crippen molar-refractivity contribution in [3.8, 4) is 6.07 Å². The maximum absolute atomic E-state index is 12.4. The fourth-order valence-corrected chi connectivity index (χ4v) is 2.55. The number of hydrogen-bond acceptors (Lipinski definition) is 4. The molecule has 5 heteroatoms. The summed E-state index contributed by atoms with van der Waals surface area (Å²) in [5, 5.41) is 11.4. The Bertz CT molecular complexity index is 829. The van der Waals surface area contributed by atoms with Gasteiger partial charge < -0.3 is 9.73 Å². The summed E-state index contributed by atoms with van der Waals surface area (Å²) in [6.45, 7) is 5.80. The van der Waals surface area contributed by atoms with Gasteiger partial charge in [0.1, 0.15) is 11.3 Å². The van der Waals surface area contributed by atoms with Crippen LogP contribution in [0.2, 0.25) is 0 Å². The van der Waals surface area contributed by atoms with Crippen molar-refractivity contribution in [1.29, 1.82) is 5.26 Å². The number of nitrogens with one attached hydrogen (secondary N) is 1. The van der Waals surface area contributed by atoms with Gasteiger partial charge in [-0.1, -0.05) is 20.3 Å². The maximum Gasteiger partial charge on any atom is 0.349 e. The number of nitriles is 1. The van der Waals surface area contributed by atoms with Gasteiger partial charge in [0.15, 0.2) is 0 Å². The van der Waals surface area contributed by atoms with E-state index in [9.17, 15) is 9.59 Å². The summed E-state index contributed by atoms with van der Waals surface area (Å²) in [6.07, 6.45) is 1.91. The van der Waals surface area contributed by atoms with E-state index in [2.05, 4.69) is 12.2 Å². The molecule has 0 fully saturated rings. The predicted molar refractivity (Wildman–Crippen MR) is 92.1 cm³/mol. The third kappa shape index (κ3) is 3.90. The van der Waals surface area contributed by atoms with E-state index in [1.54, 1.807) is 37.3 Å². The third-order valence-corrected chi connectivity index (χ3v) is 3.87. The maximum atomic E-state index is 12.4. The highest BCUT2D eigenvalue weighted by atomic mass is 16.4. The Hall–Kier alpha value is -2.87. The topological polar surface area (TPSA) is 83.1 Å². The number of benzene rings is 1. The summed E-state index contributed by atoms with van der Waals surface area (Å²) in [5.41, 5.74) is 0.987. The Balaban J connectivity index is 2.26. The number of hydrogen-bond donors (Lipinski definition) is 1. The molecule has 1 heterocycles. The highest BCUT2D eigenvalue weighted by Crippen LogP contribution is 2.21. The van der Waals surface area contributed by atoms with Crippen molar-refractivity contribution in [3.63, 3.8) is 0 Å². The summed E-state index contributed by atoms with van der Waals surface area (Å²) in [5.74, 6) is 0.229. The lowest BCUT2D eigenvalue weighted by molar-refractivity contribution is 0.102. The molecule has 2 aromatic rings. The Morgan fingerprint density at radius 3 is 2.54 bits per heavy atom. The van der Waals surface area contributed by atoms with Crippen molar-refractivity contribution < 1.29 is 9.21 Å². The number of anilines is 1. The molecule has 0 aliphatic carbocycles. The van der Waals surface area contributed by atoms with Crippen LogP contribution in [0.15, 0.2) is 39.5 Å². The van der Waals surface area contributed by atoms with Crippen LogP contribution in [-0.4, -0.2) is 5.91 Å². The molecule has 0 bridgehead atoms. The van der Waals surface area contributed by atoms with Gasteiger partial charge in [0.05, 0.1) is 11.6 Å². The molecule has 1 unspecified atom stereocenters. The average molecular weight is 324 g/mol. The van der Waals surface area contributed by atoms with Crippen molar-refractivity contribution in [1.82, 2.24) is 0 Å². The fraction of sp³-hybridized carbons (Fsp3) is 0.316. The summed E-state index contributed by atoms with van der Waals surface area (Å²) in [6, 6.07) is 10.2. The molecule has 1 amide bonds. The number of rotatable bonds is 5. The Morgan fingerprint density at radius 2 is 2.00 bits per heavy atom. The lowest BCUT2D eigenvalue weighted by Crippen LogP contribution is -2.23. The number of aryl methyl sites for hydroxylation is 1. The third-order valence-electron chi connectivity index (χ3n) is 3.87. The molecule has 2 rings (SSSR count). The van der Waals surface area contributed by atoms with Crippen LogP contribution in [0, 0.1) is 18.3 Å². The van der Waals surface area contributed by atoms with Gasteiger partial charge in [0.25, 0.3) is 5.91 Å². The van der Waals surface area contributed by atoms with E-state index >= 15 is 0 Å². The zero-order chi connectivity index (χ0) is 17.7. The molecule has 1 aromatic carbocycles. The van der Waals surface area contributed by atoms with Gasteiger partial charge in [-0.3, -0.25) is 4.79 Å². The first-order valence-corrected chi connectivity index (χ1v) is 7.92. The van der Waals surface area contributed by atoms with Gasteiger partial charge in [0, 0.05) is 11.6 Å². The number of amides is 1. The molecular weight excluding hydrogens is 304 g/mol. The minimum Gasteiger partial charge on any atom is -0.427 e. The second-order valence-electron chi connectivity index (χ2n) is 5.83. The predicted octanol–water partition coefficient (Wildman–Crippen LogP) is 3.98. The van der Waals surface area contributed by atoms with Crippen LogP contribution in [0.25, 0.3) is 0 Å². The molecular formula is C19H20N2O3. The van der Waals surface area contributed by atoms with Crippen molar-refractivity contribution >= 4 is 11.6 Å². The van der Waals surface area contributed by atoms with Crippen LogP contribution in [0.4, 0.5) is 5.69 Å². The number of carbonyl (C=O) groups excluding carboxylic acids is 1. The molecule has 0 aliphatic rings. The van der Waals surface area contributed by atoms with E-state index < -0.39 is 11.5 Å². The van der Waals surface area contributed by atoms with E-state index in [-0.39, 0.29) is 11.5 Å². The van der Waals surface area contributed by atoms with Crippen LogP contribution in [-0.2, 0) is 0 Å². The van der Waals surface area contributed by atoms with Crippen molar-refractivity contribution in [3.05, 3.63) is 63.2 Å². The Labute approximate surface area is 140 Å². The quantitative estimate of drug-likeness (QED) is 0.902. The van der Waals surface area contributed by atoms with E-state index in [0.717, 1.165) is 12.8 Å². The van der Waals surface area contributed by atoms with Crippen LogP contribution in [0.1, 0.15) is 59.9 Å². The SMILES string of the molecule is CCCC(C)c1cc(C)c(C(=O)Nc2ccc(C#N)cc2)c(=O)o1. The molecule has 0 saturated heterocycles. The van der Waals surface area contributed by atoms with Crippen molar-refractivity contribution in [2.75, 3.05) is 5.32 Å². The van der Waals surface area contributed by atoms with Gasteiger partial charge in [-0.05, 0) is 49.2 Å². The average Bonchev–Trinajstić information content (AvgIpc) is 2.55. The largest absolute Gasteiger partial charge is 0.427 e. The second kappa shape index (κ2) is 7.60. The van der Waals surface area contributed by atoms with Crippen LogP contribution >= 0.6 is 0 Å².